The van der Waals surface area contributed by atoms with Crippen LogP contribution < -0.4 is 4.74 Å². The van der Waals surface area contributed by atoms with E-state index in [2.05, 4.69) is 15.9 Å². The Kier molecular flexibility index (Phi) is 4.44. The summed E-state index contributed by atoms with van der Waals surface area (Å²) in [4.78, 5) is -0.0516. The second-order valence-electron chi connectivity index (χ2n) is 3.47. The first kappa shape index (κ1) is 12.8. The molecule has 0 fully saturated rings. The molecule has 0 aliphatic rings. The molecule has 1 aromatic rings. The fourth-order valence-electron chi connectivity index (χ4n) is 1.50. The Balaban J connectivity index is 3.26. The molecule has 0 aliphatic heterocycles. The SMILES string of the molecule is COc1c(C)cc(Cl)cc1C(O)C(C)Br. The van der Waals surface area contributed by atoms with Crippen molar-refractivity contribution in [2.75, 3.05) is 7.11 Å². The van der Waals surface area contributed by atoms with Gasteiger partial charge in [-0.2, -0.15) is 0 Å². The molecule has 0 bridgehead atoms. The highest BCUT2D eigenvalue weighted by Gasteiger charge is 2.19. The zero-order chi connectivity index (χ0) is 11.6. The van der Waals surface area contributed by atoms with Gasteiger partial charge < -0.3 is 9.84 Å². The molecular formula is C11H14BrClO2. The summed E-state index contributed by atoms with van der Waals surface area (Å²) >= 11 is 9.29. The van der Waals surface area contributed by atoms with E-state index in [-0.39, 0.29) is 4.83 Å². The van der Waals surface area contributed by atoms with E-state index >= 15 is 0 Å². The van der Waals surface area contributed by atoms with Gasteiger partial charge in [0.15, 0.2) is 0 Å². The number of alkyl halides is 1. The molecule has 0 radical (unpaired) electrons. The van der Waals surface area contributed by atoms with Crippen molar-refractivity contribution in [2.45, 2.75) is 24.8 Å². The van der Waals surface area contributed by atoms with Crippen LogP contribution in [0.5, 0.6) is 5.75 Å². The summed E-state index contributed by atoms with van der Waals surface area (Å²) in [6.45, 7) is 3.78. The predicted molar refractivity (Wildman–Crippen MR) is 66.1 cm³/mol. The molecule has 2 atom stereocenters. The van der Waals surface area contributed by atoms with Crippen LogP contribution in [0.3, 0.4) is 0 Å². The fraction of sp³-hybridized carbons (Fsp3) is 0.455. The summed E-state index contributed by atoms with van der Waals surface area (Å²) in [6.07, 6.45) is -0.627. The van der Waals surface area contributed by atoms with E-state index in [4.69, 9.17) is 16.3 Å². The average molecular weight is 294 g/mol. The van der Waals surface area contributed by atoms with Gasteiger partial charge in [-0.1, -0.05) is 27.5 Å². The molecule has 0 saturated carbocycles. The lowest BCUT2D eigenvalue weighted by atomic mass is 10.0. The number of halogens is 2. The van der Waals surface area contributed by atoms with Gasteiger partial charge in [-0.15, -0.1) is 0 Å². The second kappa shape index (κ2) is 5.19. The highest BCUT2D eigenvalue weighted by Crippen LogP contribution is 2.35. The number of aliphatic hydroxyl groups excluding tert-OH is 1. The Morgan fingerprint density at radius 3 is 2.53 bits per heavy atom. The number of methoxy groups -OCH3 is 1. The molecule has 1 aromatic carbocycles. The van der Waals surface area contributed by atoms with E-state index < -0.39 is 6.10 Å². The third kappa shape index (κ3) is 2.86. The third-order valence-corrected chi connectivity index (χ3v) is 2.94. The van der Waals surface area contributed by atoms with Crippen molar-refractivity contribution in [1.29, 1.82) is 0 Å². The lowest BCUT2D eigenvalue weighted by Gasteiger charge is -2.18. The molecule has 0 spiro atoms. The second-order valence-corrected chi connectivity index (χ2v) is 5.35. The van der Waals surface area contributed by atoms with Crippen molar-refractivity contribution >= 4 is 27.5 Å². The molecular weight excluding hydrogens is 279 g/mol. The number of hydrogen-bond acceptors (Lipinski definition) is 2. The van der Waals surface area contributed by atoms with Crippen molar-refractivity contribution in [3.05, 3.63) is 28.3 Å². The smallest absolute Gasteiger partial charge is 0.127 e. The van der Waals surface area contributed by atoms with Gasteiger partial charge in [-0.25, -0.2) is 0 Å². The standard InChI is InChI=1S/C11H14BrClO2/c1-6-4-8(13)5-9(11(6)15-3)10(14)7(2)12/h4-5,7,10,14H,1-3H3. The topological polar surface area (TPSA) is 29.5 Å². The van der Waals surface area contributed by atoms with Crippen molar-refractivity contribution in [1.82, 2.24) is 0 Å². The first-order valence-electron chi connectivity index (χ1n) is 4.63. The van der Waals surface area contributed by atoms with Gasteiger partial charge in [0.05, 0.1) is 13.2 Å². The molecule has 0 heterocycles. The van der Waals surface area contributed by atoms with Crippen LogP contribution in [0.2, 0.25) is 5.02 Å². The minimum absolute atomic E-state index is 0.0516. The minimum Gasteiger partial charge on any atom is -0.496 e. The summed E-state index contributed by atoms with van der Waals surface area (Å²) in [6, 6.07) is 3.55. The first-order valence-corrected chi connectivity index (χ1v) is 5.93. The molecule has 1 N–H and O–H groups in total. The van der Waals surface area contributed by atoms with Crippen molar-refractivity contribution in [3.63, 3.8) is 0 Å². The maximum absolute atomic E-state index is 9.97. The van der Waals surface area contributed by atoms with E-state index in [1.54, 1.807) is 13.2 Å². The number of hydrogen-bond donors (Lipinski definition) is 1. The Labute approximate surface area is 103 Å². The van der Waals surface area contributed by atoms with Crippen molar-refractivity contribution in [3.8, 4) is 5.75 Å². The van der Waals surface area contributed by atoms with Crippen LogP contribution in [0.1, 0.15) is 24.2 Å². The predicted octanol–water partition coefficient (Wildman–Crippen LogP) is 3.47. The third-order valence-electron chi connectivity index (χ3n) is 2.23. The first-order chi connectivity index (χ1) is 6.97. The molecule has 84 valence electrons. The van der Waals surface area contributed by atoms with Crippen molar-refractivity contribution in [2.24, 2.45) is 0 Å². The van der Waals surface area contributed by atoms with E-state index in [0.717, 1.165) is 5.56 Å². The lowest BCUT2D eigenvalue weighted by molar-refractivity contribution is 0.176. The van der Waals surface area contributed by atoms with Crippen LogP contribution in [0, 0.1) is 6.92 Å². The number of ether oxygens (including phenoxy) is 1. The van der Waals surface area contributed by atoms with Crippen LogP contribution in [0.4, 0.5) is 0 Å². The summed E-state index contributed by atoms with van der Waals surface area (Å²) in [7, 11) is 1.59. The normalized spacial score (nSPS) is 14.8. The molecule has 4 heteroatoms. The molecule has 0 aromatic heterocycles. The largest absolute Gasteiger partial charge is 0.496 e. The summed E-state index contributed by atoms with van der Waals surface area (Å²) < 4.78 is 5.26. The highest BCUT2D eigenvalue weighted by atomic mass is 79.9. The van der Waals surface area contributed by atoms with Crippen LogP contribution in [0.15, 0.2) is 12.1 Å². The van der Waals surface area contributed by atoms with Crippen LogP contribution in [0.25, 0.3) is 0 Å². The van der Waals surface area contributed by atoms with Gasteiger partial charge >= 0.3 is 0 Å². The molecule has 0 aliphatic carbocycles. The molecule has 1 rings (SSSR count). The Hall–Kier alpha value is -0.250. The summed E-state index contributed by atoms with van der Waals surface area (Å²) in [5.41, 5.74) is 1.64. The quantitative estimate of drug-likeness (QED) is 0.865. The molecule has 0 saturated heterocycles. The van der Waals surface area contributed by atoms with E-state index in [1.807, 2.05) is 19.9 Å². The zero-order valence-electron chi connectivity index (χ0n) is 8.92. The van der Waals surface area contributed by atoms with Gasteiger partial charge in [0, 0.05) is 15.4 Å². The molecule has 15 heavy (non-hydrogen) atoms. The van der Waals surface area contributed by atoms with Crippen molar-refractivity contribution < 1.29 is 9.84 Å². The maximum Gasteiger partial charge on any atom is 0.127 e. The van der Waals surface area contributed by atoms with Gasteiger partial charge in [0.2, 0.25) is 0 Å². The minimum atomic E-state index is -0.627. The van der Waals surface area contributed by atoms with E-state index in [9.17, 15) is 5.11 Å². The lowest BCUT2D eigenvalue weighted by Crippen LogP contribution is -2.10. The van der Waals surface area contributed by atoms with Gasteiger partial charge in [0.1, 0.15) is 5.75 Å². The summed E-state index contributed by atoms with van der Waals surface area (Å²) in [5.74, 6) is 0.693. The maximum atomic E-state index is 9.97. The van der Waals surface area contributed by atoms with E-state index in [0.29, 0.717) is 16.3 Å². The molecule has 2 unspecified atom stereocenters. The van der Waals surface area contributed by atoms with Gasteiger partial charge in [-0.05, 0) is 31.5 Å². The summed E-state index contributed by atoms with van der Waals surface area (Å²) in [5, 5.41) is 10.6. The number of aryl methyl sites for hydroxylation is 1. The molecule has 0 amide bonds. The van der Waals surface area contributed by atoms with Crippen LogP contribution in [-0.2, 0) is 0 Å². The van der Waals surface area contributed by atoms with Gasteiger partial charge in [-0.3, -0.25) is 0 Å². The van der Waals surface area contributed by atoms with E-state index in [1.165, 1.54) is 0 Å². The Morgan fingerprint density at radius 2 is 2.07 bits per heavy atom. The van der Waals surface area contributed by atoms with Gasteiger partial charge in [0.25, 0.3) is 0 Å². The Morgan fingerprint density at radius 1 is 1.47 bits per heavy atom. The number of benzene rings is 1. The highest BCUT2D eigenvalue weighted by molar-refractivity contribution is 9.09. The van der Waals surface area contributed by atoms with Crippen LogP contribution >= 0.6 is 27.5 Å². The monoisotopic (exact) mass is 292 g/mol. The zero-order valence-corrected chi connectivity index (χ0v) is 11.3. The number of aliphatic hydroxyl groups is 1. The Bertz CT molecular complexity index is 353. The average Bonchev–Trinajstić information content (AvgIpc) is 2.15. The van der Waals surface area contributed by atoms with Crippen LogP contribution in [-0.4, -0.2) is 17.0 Å². The number of rotatable bonds is 3. The molecule has 2 nitrogen and oxygen atoms in total. The fourth-order valence-corrected chi connectivity index (χ4v) is 2.07.